The van der Waals surface area contributed by atoms with Crippen molar-refractivity contribution in [2.45, 2.75) is 6.04 Å². The molecule has 1 amide bonds. The van der Waals surface area contributed by atoms with Gasteiger partial charge in [0.1, 0.15) is 5.69 Å². The van der Waals surface area contributed by atoms with Crippen molar-refractivity contribution in [3.63, 3.8) is 0 Å². The van der Waals surface area contributed by atoms with E-state index in [1.807, 2.05) is 35.8 Å². The van der Waals surface area contributed by atoms with Crippen molar-refractivity contribution in [1.82, 2.24) is 10.2 Å². The van der Waals surface area contributed by atoms with Gasteiger partial charge in [0.15, 0.2) is 0 Å². The fourth-order valence-corrected chi connectivity index (χ4v) is 3.25. The first kappa shape index (κ1) is 18.9. The highest BCUT2D eigenvalue weighted by Crippen LogP contribution is 2.27. The molecule has 1 N–H and O–H groups in total. The minimum Gasteiger partial charge on any atom is -0.372 e. The minimum atomic E-state index is -0.472. The molecule has 134 valence electrons. The quantitative estimate of drug-likeness (QED) is 0.605. The smallest absolute Gasteiger partial charge is 0.293 e. The van der Waals surface area contributed by atoms with Gasteiger partial charge in [-0.2, -0.15) is 11.3 Å². The summed E-state index contributed by atoms with van der Waals surface area (Å²) in [5.74, 6) is -0.324. The van der Waals surface area contributed by atoms with Gasteiger partial charge in [-0.1, -0.05) is 0 Å². The molecule has 0 aliphatic heterocycles. The van der Waals surface area contributed by atoms with Gasteiger partial charge in [-0.3, -0.25) is 14.9 Å². The van der Waals surface area contributed by atoms with Gasteiger partial charge in [0.2, 0.25) is 0 Å². The van der Waals surface area contributed by atoms with Crippen LogP contribution in [-0.2, 0) is 0 Å². The fourth-order valence-electron chi connectivity index (χ4n) is 2.54. The average Bonchev–Trinajstić information content (AvgIpc) is 3.07. The predicted octanol–water partition coefficient (Wildman–Crippen LogP) is 2.76. The molecular formula is C17H22N4O3S. The number of likely N-dealkylation sites (N-methyl/N-ethyl adjacent to an activating group) is 1. The van der Waals surface area contributed by atoms with Gasteiger partial charge in [-0.05, 0) is 48.6 Å². The zero-order valence-corrected chi connectivity index (χ0v) is 15.5. The number of nitrogens with one attached hydrogen (secondary N) is 1. The third kappa shape index (κ3) is 4.55. The number of nitro groups is 1. The Kier molecular flexibility index (Phi) is 6.11. The first-order valence-electron chi connectivity index (χ1n) is 7.73. The van der Waals surface area contributed by atoms with E-state index in [1.54, 1.807) is 42.5 Å². The van der Waals surface area contributed by atoms with Gasteiger partial charge in [-0.15, -0.1) is 0 Å². The summed E-state index contributed by atoms with van der Waals surface area (Å²) in [6, 6.07) is 6.59. The normalized spacial score (nSPS) is 12.0. The van der Waals surface area contributed by atoms with Crippen LogP contribution in [0.2, 0.25) is 0 Å². The standard InChI is InChI=1S/C17H22N4O3S/c1-19(2)14-6-5-12(9-15(14)21(23)24)17(22)18-10-16(20(3)4)13-7-8-25-11-13/h5-9,11,16H,10H2,1-4H3,(H,18,22). The number of hydrogen-bond donors (Lipinski definition) is 1. The van der Waals surface area contributed by atoms with E-state index in [0.29, 0.717) is 12.2 Å². The van der Waals surface area contributed by atoms with E-state index in [4.69, 9.17) is 0 Å². The lowest BCUT2D eigenvalue weighted by atomic mass is 10.1. The van der Waals surface area contributed by atoms with Crippen LogP contribution in [0.25, 0.3) is 0 Å². The minimum absolute atomic E-state index is 0.0474. The average molecular weight is 362 g/mol. The lowest BCUT2D eigenvalue weighted by molar-refractivity contribution is -0.384. The fraction of sp³-hybridized carbons (Fsp3) is 0.353. The number of nitro benzene ring substituents is 1. The summed E-state index contributed by atoms with van der Waals surface area (Å²) < 4.78 is 0. The molecule has 1 aromatic heterocycles. The van der Waals surface area contributed by atoms with Gasteiger partial charge >= 0.3 is 0 Å². The molecule has 2 rings (SSSR count). The molecule has 0 aliphatic rings. The summed E-state index contributed by atoms with van der Waals surface area (Å²) in [5, 5.41) is 18.2. The molecule has 2 aromatic rings. The molecule has 1 unspecified atom stereocenters. The van der Waals surface area contributed by atoms with Crippen molar-refractivity contribution in [1.29, 1.82) is 0 Å². The second kappa shape index (κ2) is 8.09. The van der Waals surface area contributed by atoms with Crippen molar-refractivity contribution >= 4 is 28.6 Å². The van der Waals surface area contributed by atoms with Crippen LogP contribution in [0.4, 0.5) is 11.4 Å². The Morgan fingerprint density at radius 2 is 2.00 bits per heavy atom. The van der Waals surface area contributed by atoms with Gasteiger partial charge in [0, 0.05) is 32.3 Å². The van der Waals surface area contributed by atoms with Crippen molar-refractivity contribution in [2.75, 3.05) is 39.6 Å². The van der Waals surface area contributed by atoms with Crippen molar-refractivity contribution < 1.29 is 9.72 Å². The van der Waals surface area contributed by atoms with Crippen LogP contribution in [0.15, 0.2) is 35.0 Å². The number of thiophene rings is 1. The van der Waals surface area contributed by atoms with Crippen LogP contribution in [-0.4, -0.2) is 50.5 Å². The van der Waals surface area contributed by atoms with Crippen molar-refractivity contribution in [3.05, 3.63) is 56.3 Å². The van der Waals surface area contributed by atoms with Crippen LogP contribution >= 0.6 is 11.3 Å². The van der Waals surface area contributed by atoms with E-state index in [0.717, 1.165) is 5.56 Å². The zero-order chi connectivity index (χ0) is 18.6. The number of benzene rings is 1. The molecule has 1 heterocycles. The molecule has 0 radical (unpaired) electrons. The topological polar surface area (TPSA) is 78.7 Å². The van der Waals surface area contributed by atoms with E-state index in [2.05, 4.69) is 5.32 Å². The maximum atomic E-state index is 12.4. The number of nitrogens with zero attached hydrogens (tertiary/aromatic N) is 3. The number of carbonyl (C=O) groups is 1. The largest absolute Gasteiger partial charge is 0.372 e. The second-order valence-electron chi connectivity index (χ2n) is 6.10. The molecule has 1 aromatic carbocycles. The molecule has 8 heteroatoms. The molecule has 7 nitrogen and oxygen atoms in total. The summed E-state index contributed by atoms with van der Waals surface area (Å²) in [4.78, 5) is 26.9. The molecular weight excluding hydrogens is 340 g/mol. The summed E-state index contributed by atoms with van der Waals surface area (Å²) in [5.41, 5.74) is 1.79. The SMILES string of the molecule is CN(C)c1ccc(C(=O)NCC(c2ccsc2)N(C)C)cc1[N+](=O)[O-]. The molecule has 0 bridgehead atoms. The van der Waals surface area contributed by atoms with Gasteiger partial charge in [0.05, 0.1) is 11.0 Å². The third-order valence-corrected chi connectivity index (χ3v) is 4.62. The molecule has 0 saturated heterocycles. The molecule has 0 fully saturated rings. The first-order valence-corrected chi connectivity index (χ1v) is 8.68. The Hall–Kier alpha value is -2.45. The van der Waals surface area contributed by atoms with Gasteiger partial charge in [-0.25, -0.2) is 0 Å². The van der Waals surface area contributed by atoms with Gasteiger partial charge in [0.25, 0.3) is 11.6 Å². The van der Waals surface area contributed by atoms with Crippen molar-refractivity contribution in [2.24, 2.45) is 0 Å². The summed E-state index contributed by atoms with van der Waals surface area (Å²) in [7, 11) is 7.35. The summed E-state index contributed by atoms with van der Waals surface area (Å²) in [6.45, 7) is 0.422. The van der Waals surface area contributed by atoms with E-state index in [9.17, 15) is 14.9 Å². The maximum Gasteiger partial charge on any atom is 0.293 e. The number of amides is 1. The Balaban J connectivity index is 2.15. The third-order valence-electron chi connectivity index (χ3n) is 3.92. The van der Waals surface area contributed by atoms with E-state index in [-0.39, 0.29) is 23.2 Å². The predicted molar refractivity (Wildman–Crippen MR) is 101 cm³/mol. The number of hydrogen-bond acceptors (Lipinski definition) is 6. The van der Waals surface area contributed by atoms with E-state index in [1.165, 1.54) is 6.07 Å². The zero-order valence-electron chi connectivity index (χ0n) is 14.7. The number of carbonyl (C=O) groups excluding carboxylic acids is 1. The van der Waals surface area contributed by atoms with E-state index < -0.39 is 4.92 Å². The van der Waals surface area contributed by atoms with Crippen LogP contribution < -0.4 is 10.2 Å². The molecule has 25 heavy (non-hydrogen) atoms. The van der Waals surface area contributed by atoms with Crippen LogP contribution in [0.5, 0.6) is 0 Å². The summed E-state index contributed by atoms with van der Waals surface area (Å²) >= 11 is 1.61. The highest BCUT2D eigenvalue weighted by atomic mass is 32.1. The maximum absolute atomic E-state index is 12.4. The summed E-state index contributed by atoms with van der Waals surface area (Å²) in [6.07, 6.45) is 0. The Bertz CT molecular complexity index is 744. The molecule has 0 spiro atoms. The monoisotopic (exact) mass is 362 g/mol. The molecule has 0 aliphatic carbocycles. The van der Waals surface area contributed by atoms with E-state index >= 15 is 0 Å². The second-order valence-corrected chi connectivity index (χ2v) is 6.88. The van der Waals surface area contributed by atoms with Crippen LogP contribution in [0.1, 0.15) is 22.0 Å². The first-order chi connectivity index (χ1) is 11.8. The Morgan fingerprint density at radius 1 is 1.28 bits per heavy atom. The van der Waals surface area contributed by atoms with Gasteiger partial charge < -0.3 is 15.1 Å². The van der Waals surface area contributed by atoms with Crippen molar-refractivity contribution in [3.8, 4) is 0 Å². The number of anilines is 1. The lowest BCUT2D eigenvalue weighted by Gasteiger charge is -2.24. The Labute approximate surface area is 151 Å². The highest BCUT2D eigenvalue weighted by Gasteiger charge is 2.20. The lowest BCUT2D eigenvalue weighted by Crippen LogP contribution is -2.34. The Morgan fingerprint density at radius 3 is 2.52 bits per heavy atom. The molecule has 1 atom stereocenters. The van der Waals surface area contributed by atoms with Crippen LogP contribution in [0.3, 0.4) is 0 Å². The number of rotatable bonds is 7. The molecule has 0 saturated carbocycles. The highest BCUT2D eigenvalue weighted by molar-refractivity contribution is 7.07. The van der Waals surface area contributed by atoms with Crippen LogP contribution in [0, 0.1) is 10.1 Å².